The summed E-state index contributed by atoms with van der Waals surface area (Å²) in [6.45, 7) is 4.54. The second kappa shape index (κ2) is 6.80. The molecule has 88 valence electrons. The monoisotopic (exact) mass is 215 g/mol. The minimum atomic E-state index is -0.127. The molecule has 0 saturated carbocycles. The highest BCUT2D eigenvalue weighted by molar-refractivity contribution is 5.71. The van der Waals surface area contributed by atoms with Gasteiger partial charge in [-0.3, -0.25) is 9.69 Å². The number of hydrogen-bond acceptors (Lipinski definition) is 4. The van der Waals surface area contributed by atoms with Crippen LogP contribution in [0.25, 0.3) is 0 Å². The zero-order chi connectivity index (χ0) is 11.1. The number of esters is 1. The fourth-order valence-corrected chi connectivity index (χ4v) is 1.58. The molecule has 1 heterocycles. The molecule has 0 spiro atoms. The average Bonchev–Trinajstić information content (AvgIpc) is 2.70. The summed E-state index contributed by atoms with van der Waals surface area (Å²) in [4.78, 5) is 13.4. The van der Waals surface area contributed by atoms with Crippen LogP contribution in [0.3, 0.4) is 0 Å². The molecule has 0 aromatic rings. The van der Waals surface area contributed by atoms with Gasteiger partial charge in [0.05, 0.1) is 19.8 Å². The number of rotatable bonds is 6. The molecule has 1 atom stereocenters. The van der Waals surface area contributed by atoms with E-state index in [-0.39, 0.29) is 5.97 Å². The first-order valence-electron chi connectivity index (χ1n) is 5.67. The Balaban J connectivity index is 2.13. The molecule has 1 aliphatic rings. The lowest BCUT2D eigenvalue weighted by Gasteiger charge is -2.21. The van der Waals surface area contributed by atoms with Crippen molar-refractivity contribution in [3.63, 3.8) is 0 Å². The molecule has 1 rings (SSSR count). The summed E-state index contributed by atoms with van der Waals surface area (Å²) in [5.74, 6) is -0.127. The van der Waals surface area contributed by atoms with Gasteiger partial charge in [0, 0.05) is 12.6 Å². The van der Waals surface area contributed by atoms with Gasteiger partial charge in [-0.1, -0.05) is 13.3 Å². The van der Waals surface area contributed by atoms with Crippen molar-refractivity contribution < 1.29 is 14.3 Å². The third-order valence-corrected chi connectivity index (χ3v) is 2.67. The lowest BCUT2D eigenvalue weighted by atomic mass is 10.2. The van der Waals surface area contributed by atoms with E-state index in [1.807, 2.05) is 11.9 Å². The Bertz CT molecular complexity index is 190. The van der Waals surface area contributed by atoms with E-state index in [1.165, 1.54) is 0 Å². The van der Waals surface area contributed by atoms with Gasteiger partial charge in [0.2, 0.25) is 0 Å². The summed E-state index contributed by atoms with van der Waals surface area (Å²) >= 11 is 0. The van der Waals surface area contributed by atoms with E-state index in [0.29, 0.717) is 19.2 Å². The minimum absolute atomic E-state index is 0.127. The van der Waals surface area contributed by atoms with Gasteiger partial charge in [-0.2, -0.15) is 0 Å². The molecule has 1 fully saturated rings. The van der Waals surface area contributed by atoms with Gasteiger partial charge in [0.15, 0.2) is 0 Å². The number of ether oxygens (including phenoxy) is 2. The Labute approximate surface area is 91.5 Å². The predicted octanol–water partition coefficient (Wildman–Crippen LogP) is 1.05. The van der Waals surface area contributed by atoms with Gasteiger partial charge in [-0.05, 0) is 19.9 Å². The molecule has 0 amide bonds. The van der Waals surface area contributed by atoms with E-state index >= 15 is 0 Å². The quantitative estimate of drug-likeness (QED) is 0.490. The van der Waals surface area contributed by atoms with Gasteiger partial charge >= 0.3 is 5.97 Å². The van der Waals surface area contributed by atoms with E-state index in [4.69, 9.17) is 9.47 Å². The first-order chi connectivity index (χ1) is 7.24. The van der Waals surface area contributed by atoms with Gasteiger partial charge in [0.25, 0.3) is 0 Å². The van der Waals surface area contributed by atoms with E-state index in [1.54, 1.807) is 0 Å². The highest BCUT2D eigenvalue weighted by Gasteiger charge is 2.22. The SMILES string of the molecule is CCCCOC(=O)CN(C)C1CCOC1. The minimum Gasteiger partial charge on any atom is -0.465 e. The van der Waals surface area contributed by atoms with E-state index < -0.39 is 0 Å². The number of hydrogen-bond donors (Lipinski definition) is 0. The third-order valence-electron chi connectivity index (χ3n) is 2.67. The van der Waals surface area contributed by atoms with Crippen LogP contribution >= 0.6 is 0 Å². The van der Waals surface area contributed by atoms with Crippen molar-refractivity contribution in [3.8, 4) is 0 Å². The number of unbranched alkanes of at least 4 members (excludes halogenated alkanes) is 1. The molecule has 4 heteroatoms. The van der Waals surface area contributed by atoms with Gasteiger partial charge < -0.3 is 9.47 Å². The molecule has 0 N–H and O–H groups in total. The van der Waals surface area contributed by atoms with Crippen molar-refractivity contribution in [1.29, 1.82) is 0 Å². The van der Waals surface area contributed by atoms with Crippen molar-refractivity contribution in [2.24, 2.45) is 0 Å². The zero-order valence-corrected chi connectivity index (χ0v) is 9.70. The van der Waals surface area contributed by atoms with Crippen molar-refractivity contribution >= 4 is 5.97 Å². The first-order valence-corrected chi connectivity index (χ1v) is 5.67. The fourth-order valence-electron chi connectivity index (χ4n) is 1.58. The molecule has 1 unspecified atom stereocenters. The van der Waals surface area contributed by atoms with Crippen LogP contribution in [0.2, 0.25) is 0 Å². The standard InChI is InChI=1S/C11H21NO3/c1-3-4-6-15-11(13)8-12(2)10-5-7-14-9-10/h10H,3-9H2,1-2H3. The summed E-state index contributed by atoms with van der Waals surface area (Å²) in [6.07, 6.45) is 3.01. The van der Waals surface area contributed by atoms with Crippen molar-refractivity contribution in [1.82, 2.24) is 4.90 Å². The maximum atomic E-state index is 11.4. The Morgan fingerprint density at radius 3 is 3.00 bits per heavy atom. The predicted molar refractivity (Wildman–Crippen MR) is 57.7 cm³/mol. The third kappa shape index (κ3) is 4.62. The lowest BCUT2D eigenvalue weighted by molar-refractivity contribution is -0.145. The summed E-state index contributed by atoms with van der Waals surface area (Å²) in [5.41, 5.74) is 0. The molecule has 1 aliphatic heterocycles. The topological polar surface area (TPSA) is 38.8 Å². The Kier molecular flexibility index (Phi) is 5.65. The summed E-state index contributed by atoms with van der Waals surface area (Å²) in [6, 6.07) is 0.378. The number of carbonyl (C=O) groups is 1. The maximum Gasteiger partial charge on any atom is 0.320 e. The molecule has 4 nitrogen and oxygen atoms in total. The maximum absolute atomic E-state index is 11.4. The molecule has 15 heavy (non-hydrogen) atoms. The Hall–Kier alpha value is -0.610. The number of likely N-dealkylation sites (N-methyl/N-ethyl adjacent to an activating group) is 1. The molecule has 0 bridgehead atoms. The van der Waals surface area contributed by atoms with Crippen LogP contribution in [0.1, 0.15) is 26.2 Å². The van der Waals surface area contributed by atoms with Crippen LogP contribution in [0.15, 0.2) is 0 Å². The molecule has 1 saturated heterocycles. The smallest absolute Gasteiger partial charge is 0.320 e. The van der Waals surface area contributed by atoms with Crippen molar-refractivity contribution in [2.75, 3.05) is 33.4 Å². The van der Waals surface area contributed by atoms with Crippen LogP contribution < -0.4 is 0 Å². The van der Waals surface area contributed by atoms with Crippen LogP contribution in [-0.4, -0.2) is 50.3 Å². The first kappa shape index (κ1) is 12.5. The van der Waals surface area contributed by atoms with Gasteiger partial charge in [-0.25, -0.2) is 0 Å². The van der Waals surface area contributed by atoms with Crippen molar-refractivity contribution in [3.05, 3.63) is 0 Å². The average molecular weight is 215 g/mol. The van der Waals surface area contributed by atoms with Gasteiger partial charge in [-0.15, -0.1) is 0 Å². The Morgan fingerprint density at radius 1 is 1.60 bits per heavy atom. The van der Waals surface area contributed by atoms with E-state index in [0.717, 1.165) is 32.5 Å². The molecule has 0 radical (unpaired) electrons. The normalized spacial score (nSPS) is 20.9. The molecule has 0 aliphatic carbocycles. The lowest BCUT2D eigenvalue weighted by Crippen LogP contribution is -2.36. The number of carbonyl (C=O) groups excluding carboxylic acids is 1. The summed E-state index contributed by atoms with van der Waals surface area (Å²) < 4.78 is 10.4. The van der Waals surface area contributed by atoms with Gasteiger partial charge in [0.1, 0.15) is 0 Å². The summed E-state index contributed by atoms with van der Waals surface area (Å²) in [5, 5.41) is 0. The molecular weight excluding hydrogens is 194 g/mol. The second-order valence-corrected chi connectivity index (χ2v) is 4.01. The van der Waals surface area contributed by atoms with E-state index in [2.05, 4.69) is 6.92 Å². The molecule has 0 aromatic heterocycles. The van der Waals surface area contributed by atoms with E-state index in [9.17, 15) is 4.79 Å². The summed E-state index contributed by atoms with van der Waals surface area (Å²) in [7, 11) is 1.94. The molecular formula is C11H21NO3. The largest absolute Gasteiger partial charge is 0.465 e. The highest BCUT2D eigenvalue weighted by Crippen LogP contribution is 2.10. The fraction of sp³-hybridized carbons (Fsp3) is 0.909. The second-order valence-electron chi connectivity index (χ2n) is 4.01. The van der Waals surface area contributed by atoms with Crippen LogP contribution in [0, 0.1) is 0 Å². The zero-order valence-electron chi connectivity index (χ0n) is 9.70. The highest BCUT2D eigenvalue weighted by atomic mass is 16.5. The Morgan fingerprint density at radius 2 is 2.40 bits per heavy atom. The molecule has 0 aromatic carbocycles. The number of nitrogens with zero attached hydrogens (tertiary/aromatic N) is 1. The van der Waals surface area contributed by atoms with Crippen LogP contribution in [0.5, 0.6) is 0 Å². The van der Waals surface area contributed by atoms with Crippen LogP contribution in [0.4, 0.5) is 0 Å². The van der Waals surface area contributed by atoms with Crippen molar-refractivity contribution in [2.45, 2.75) is 32.2 Å². The van der Waals surface area contributed by atoms with Crippen LogP contribution in [-0.2, 0) is 14.3 Å².